The molecule has 0 atom stereocenters. The van der Waals surface area contributed by atoms with Crippen molar-refractivity contribution in [2.75, 3.05) is 26.0 Å². The molecule has 0 radical (unpaired) electrons. The predicted octanol–water partition coefficient (Wildman–Crippen LogP) is 4.46. The van der Waals surface area contributed by atoms with E-state index in [4.69, 9.17) is 14.1 Å². The molecule has 2 aromatic carbocycles. The number of carbonyl (C=O) groups excluding carboxylic acids is 2. The summed E-state index contributed by atoms with van der Waals surface area (Å²) in [5, 5.41) is 8.05. The van der Waals surface area contributed by atoms with E-state index in [0.29, 0.717) is 40.3 Å². The van der Waals surface area contributed by atoms with E-state index in [1.54, 1.807) is 61.6 Å². The van der Waals surface area contributed by atoms with Gasteiger partial charge in [-0.15, -0.1) is 0 Å². The lowest BCUT2D eigenvalue weighted by Crippen LogP contribution is -2.27. The molecule has 2 amide bonds. The van der Waals surface area contributed by atoms with Crippen LogP contribution in [-0.4, -0.2) is 52.2 Å². The van der Waals surface area contributed by atoms with Gasteiger partial charge in [-0.25, -0.2) is 9.67 Å². The fourth-order valence-electron chi connectivity index (χ4n) is 3.77. The molecule has 0 fully saturated rings. The normalized spacial score (nSPS) is 10.9. The van der Waals surface area contributed by atoms with Gasteiger partial charge >= 0.3 is 0 Å². The Morgan fingerprint density at radius 3 is 2.51 bits per heavy atom. The number of ether oxygens (including phenoxy) is 1. The molecule has 0 aliphatic carbocycles. The number of amides is 2. The van der Waals surface area contributed by atoms with Crippen LogP contribution < -0.4 is 10.1 Å². The van der Waals surface area contributed by atoms with Crippen LogP contribution in [0.5, 0.6) is 5.75 Å². The first kappa shape index (κ1) is 23.8. The van der Waals surface area contributed by atoms with Gasteiger partial charge in [0, 0.05) is 25.3 Å². The number of aromatic nitrogens is 3. The zero-order chi connectivity index (χ0) is 25.8. The fraction of sp³-hybridized carbons (Fsp3) is 0.143. The van der Waals surface area contributed by atoms with Crippen LogP contribution >= 0.6 is 0 Å². The van der Waals surface area contributed by atoms with Crippen molar-refractivity contribution in [1.29, 1.82) is 0 Å². The largest absolute Gasteiger partial charge is 0.484 e. The Morgan fingerprint density at radius 2 is 1.81 bits per heavy atom. The van der Waals surface area contributed by atoms with Crippen LogP contribution in [0.1, 0.15) is 16.1 Å². The molecule has 5 aromatic rings. The van der Waals surface area contributed by atoms with E-state index < -0.39 is 0 Å². The van der Waals surface area contributed by atoms with Crippen molar-refractivity contribution in [2.45, 2.75) is 6.54 Å². The van der Waals surface area contributed by atoms with Crippen LogP contribution in [0.4, 0.5) is 5.69 Å². The van der Waals surface area contributed by atoms with Gasteiger partial charge in [0.15, 0.2) is 12.3 Å². The summed E-state index contributed by atoms with van der Waals surface area (Å²) in [6.45, 7) is 0.332. The maximum absolute atomic E-state index is 13.4. The number of fused-ring (bicyclic) bond motifs is 1. The molecular formula is C28H25N5O4. The van der Waals surface area contributed by atoms with Crippen molar-refractivity contribution in [3.8, 4) is 17.0 Å². The van der Waals surface area contributed by atoms with Gasteiger partial charge in [0.1, 0.15) is 18.1 Å². The van der Waals surface area contributed by atoms with Gasteiger partial charge in [0.05, 0.1) is 29.1 Å². The molecule has 5 rings (SSSR count). The summed E-state index contributed by atoms with van der Waals surface area (Å²) >= 11 is 0. The Kier molecular flexibility index (Phi) is 6.67. The number of hydrogen-bond acceptors (Lipinski definition) is 6. The Hall–Kier alpha value is -4.92. The molecule has 37 heavy (non-hydrogen) atoms. The van der Waals surface area contributed by atoms with Gasteiger partial charge in [-0.3, -0.25) is 9.59 Å². The summed E-state index contributed by atoms with van der Waals surface area (Å²) in [6.07, 6.45) is 3.26. The summed E-state index contributed by atoms with van der Waals surface area (Å²) in [6, 6.07) is 22.0. The monoisotopic (exact) mass is 495 g/mol. The third kappa shape index (κ3) is 5.35. The van der Waals surface area contributed by atoms with E-state index in [-0.39, 0.29) is 18.4 Å². The van der Waals surface area contributed by atoms with Crippen LogP contribution in [0.15, 0.2) is 89.7 Å². The van der Waals surface area contributed by atoms with Crippen molar-refractivity contribution in [3.63, 3.8) is 0 Å². The van der Waals surface area contributed by atoms with Crippen molar-refractivity contribution in [1.82, 2.24) is 19.7 Å². The highest BCUT2D eigenvalue weighted by Crippen LogP contribution is 2.26. The van der Waals surface area contributed by atoms with E-state index in [1.807, 2.05) is 42.5 Å². The first-order chi connectivity index (χ1) is 18.0. The highest BCUT2D eigenvalue weighted by atomic mass is 16.5. The minimum absolute atomic E-state index is 0.0576. The number of anilines is 1. The van der Waals surface area contributed by atoms with Crippen molar-refractivity contribution < 1.29 is 18.7 Å². The summed E-state index contributed by atoms with van der Waals surface area (Å²) < 4.78 is 12.7. The number of hydrogen-bond donors (Lipinski definition) is 1. The lowest BCUT2D eigenvalue weighted by molar-refractivity contribution is -0.130. The molecule has 0 saturated carbocycles. The molecule has 1 N–H and O–H groups in total. The fourth-order valence-corrected chi connectivity index (χ4v) is 3.77. The van der Waals surface area contributed by atoms with Gasteiger partial charge in [-0.05, 0) is 42.5 Å². The lowest BCUT2D eigenvalue weighted by atomic mass is 10.1. The number of pyridine rings is 1. The Bertz CT molecular complexity index is 1520. The summed E-state index contributed by atoms with van der Waals surface area (Å²) in [4.78, 5) is 31.5. The average molecular weight is 496 g/mol. The molecule has 0 aliphatic heterocycles. The number of likely N-dealkylation sites (N-methyl/N-ethyl adjacent to an activating group) is 1. The molecule has 186 valence electrons. The predicted molar refractivity (Wildman–Crippen MR) is 139 cm³/mol. The van der Waals surface area contributed by atoms with Crippen LogP contribution in [-0.2, 0) is 11.3 Å². The van der Waals surface area contributed by atoms with Gasteiger partial charge < -0.3 is 19.4 Å². The number of nitrogens with one attached hydrogen (secondary N) is 1. The van der Waals surface area contributed by atoms with Crippen LogP contribution in [0, 0.1) is 0 Å². The van der Waals surface area contributed by atoms with E-state index in [2.05, 4.69) is 10.4 Å². The van der Waals surface area contributed by atoms with Crippen LogP contribution in [0.3, 0.4) is 0 Å². The van der Waals surface area contributed by atoms with Gasteiger partial charge in [0.2, 0.25) is 0 Å². The van der Waals surface area contributed by atoms with Crippen molar-refractivity contribution >= 4 is 28.5 Å². The van der Waals surface area contributed by atoms with E-state index >= 15 is 0 Å². The highest BCUT2D eigenvalue weighted by molar-refractivity contribution is 6.12. The quantitative estimate of drug-likeness (QED) is 0.341. The van der Waals surface area contributed by atoms with E-state index in [0.717, 1.165) is 11.3 Å². The molecule has 9 nitrogen and oxygen atoms in total. The van der Waals surface area contributed by atoms with Crippen molar-refractivity contribution in [3.05, 3.63) is 96.6 Å². The van der Waals surface area contributed by atoms with Gasteiger partial charge in [-0.1, -0.05) is 30.3 Å². The second-order valence-corrected chi connectivity index (χ2v) is 8.60. The molecular weight excluding hydrogens is 470 g/mol. The summed E-state index contributed by atoms with van der Waals surface area (Å²) in [7, 11) is 3.34. The zero-order valence-electron chi connectivity index (χ0n) is 20.4. The first-order valence-corrected chi connectivity index (χ1v) is 11.7. The Morgan fingerprint density at radius 1 is 1.03 bits per heavy atom. The SMILES string of the molecule is CN(C)C(=O)COc1ccc(NC(=O)c2cc(-c3ccccc3)nc3c2cnn3Cc2ccco2)cc1. The Labute approximate surface area is 213 Å². The summed E-state index contributed by atoms with van der Waals surface area (Å²) in [5.41, 5.74) is 3.17. The third-order valence-electron chi connectivity index (χ3n) is 5.78. The van der Waals surface area contributed by atoms with Gasteiger partial charge in [0.25, 0.3) is 11.8 Å². The molecule has 0 spiro atoms. The minimum Gasteiger partial charge on any atom is -0.484 e. The Balaban J connectivity index is 1.43. The number of furan rings is 1. The number of carbonyl (C=O) groups is 2. The molecule has 0 unspecified atom stereocenters. The molecule has 9 heteroatoms. The number of benzene rings is 2. The minimum atomic E-state index is -0.293. The molecule has 0 saturated heterocycles. The maximum Gasteiger partial charge on any atom is 0.259 e. The first-order valence-electron chi connectivity index (χ1n) is 11.7. The van der Waals surface area contributed by atoms with E-state index in [9.17, 15) is 9.59 Å². The standard InChI is InChI=1S/C28H25N5O4/c1-32(2)26(34)18-37-21-12-10-20(11-13-21)30-28(35)23-15-25(19-7-4-3-5-8-19)31-27-24(23)16-29-33(27)17-22-9-6-14-36-22/h3-16H,17-18H2,1-2H3,(H,30,35). The topological polar surface area (TPSA) is 102 Å². The summed E-state index contributed by atoms with van der Waals surface area (Å²) in [5.74, 6) is 0.835. The van der Waals surface area contributed by atoms with Crippen LogP contribution in [0.25, 0.3) is 22.3 Å². The van der Waals surface area contributed by atoms with Crippen LogP contribution in [0.2, 0.25) is 0 Å². The number of rotatable bonds is 8. The highest BCUT2D eigenvalue weighted by Gasteiger charge is 2.18. The average Bonchev–Trinajstić information content (AvgIpc) is 3.58. The smallest absolute Gasteiger partial charge is 0.259 e. The zero-order valence-corrected chi connectivity index (χ0v) is 20.4. The second kappa shape index (κ2) is 10.4. The van der Waals surface area contributed by atoms with Gasteiger partial charge in [-0.2, -0.15) is 5.10 Å². The molecule has 3 aromatic heterocycles. The second-order valence-electron chi connectivity index (χ2n) is 8.60. The third-order valence-corrected chi connectivity index (χ3v) is 5.78. The molecule has 3 heterocycles. The maximum atomic E-state index is 13.4. The molecule has 0 bridgehead atoms. The van der Waals surface area contributed by atoms with E-state index in [1.165, 1.54) is 4.90 Å². The van der Waals surface area contributed by atoms with Crippen molar-refractivity contribution in [2.24, 2.45) is 0 Å². The molecule has 0 aliphatic rings. The lowest BCUT2D eigenvalue weighted by Gasteiger charge is -2.12. The number of nitrogens with zero attached hydrogens (tertiary/aromatic N) is 4.